The molecule has 8 nitrogen and oxygen atoms in total. The molecule has 2 aliphatic rings. The topological polar surface area (TPSA) is 92.2 Å². The molecule has 29 heavy (non-hydrogen) atoms. The molecule has 0 spiro atoms. The van der Waals surface area contributed by atoms with E-state index in [0.717, 1.165) is 23.0 Å². The Hall–Kier alpha value is -3.13. The summed E-state index contributed by atoms with van der Waals surface area (Å²) < 4.78 is 7.16. The van der Waals surface area contributed by atoms with Gasteiger partial charge in [0.15, 0.2) is 5.82 Å². The van der Waals surface area contributed by atoms with Crippen molar-refractivity contribution in [2.45, 2.75) is 32.5 Å². The predicted molar refractivity (Wildman–Crippen MR) is 107 cm³/mol. The molecule has 2 amide bonds. The third-order valence-electron chi connectivity index (χ3n) is 5.74. The van der Waals surface area contributed by atoms with Crippen molar-refractivity contribution >= 4 is 28.5 Å². The van der Waals surface area contributed by atoms with Crippen LogP contribution in [0.1, 0.15) is 29.5 Å². The minimum atomic E-state index is -0.118. The van der Waals surface area contributed by atoms with Gasteiger partial charge in [-0.3, -0.25) is 14.3 Å². The van der Waals surface area contributed by atoms with Gasteiger partial charge < -0.3 is 19.9 Å². The van der Waals surface area contributed by atoms with E-state index < -0.39 is 0 Å². The first kappa shape index (κ1) is 17.9. The fourth-order valence-corrected chi connectivity index (χ4v) is 4.07. The summed E-state index contributed by atoms with van der Waals surface area (Å²) in [5, 5.41) is 8.42. The van der Waals surface area contributed by atoms with Crippen LogP contribution in [0, 0.1) is 5.92 Å². The number of H-pyrrole nitrogens is 1. The molecule has 5 rings (SSSR count). The summed E-state index contributed by atoms with van der Waals surface area (Å²) in [7, 11) is 0. The second kappa shape index (κ2) is 7.04. The molecule has 1 fully saturated rings. The van der Waals surface area contributed by atoms with Gasteiger partial charge in [0, 0.05) is 29.6 Å². The van der Waals surface area contributed by atoms with Gasteiger partial charge in [-0.25, -0.2) is 0 Å². The lowest BCUT2D eigenvalue weighted by Gasteiger charge is -2.33. The molecule has 2 unspecified atom stereocenters. The van der Waals surface area contributed by atoms with Crippen LogP contribution in [0.2, 0.25) is 0 Å². The zero-order valence-electron chi connectivity index (χ0n) is 16.2. The molecule has 0 aliphatic carbocycles. The number of rotatable bonds is 3. The molecule has 150 valence electrons. The number of anilines is 1. The Labute approximate surface area is 167 Å². The Kier molecular flexibility index (Phi) is 4.35. The number of aromatic amines is 1. The molecule has 2 N–H and O–H groups in total. The zero-order valence-corrected chi connectivity index (χ0v) is 16.2. The summed E-state index contributed by atoms with van der Waals surface area (Å²) in [6.07, 6.45) is 0.739. The number of fused-ring (bicyclic) bond motifs is 2. The highest BCUT2D eigenvalue weighted by atomic mass is 16.5. The van der Waals surface area contributed by atoms with Crippen molar-refractivity contribution in [1.82, 2.24) is 19.7 Å². The lowest BCUT2D eigenvalue weighted by molar-refractivity contribution is -0.119. The lowest BCUT2D eigenvalue weighted by atomic mass is 10.1. The van der Waals surface area contributed by atoms with E-state index in [1.807, 2.05) is 52.9 Å². The van der Waals surface area contributed by atoms with Gasteiger partial charge in [0.2, 0.25) is 5.91 Å². The van der Waals surface area contributed by atoms with Gasteiger partial charge in [0.05, 0.1) is 31.3 Å². The molecule has 2 aliphatic heterocycles. The number of benzene rings is 1. The van der Waals surface area contributed by atoms with E-state index >= 15 is 0 Å². The van der Waals surface area contributed by atoms with Gasteiger partial charge in [-0.15, -0.1) is 0 Å². The van der Waals surface area contributed by atoms with Crippen molar-refractivity contribution in [1.29, 1.82) is 0 Å². The quantitative estimate of drug-likeness (QED) is 0.715. The van der Waals surface area contributed by atoms with Gasteiger partial charge in [-0.1, -0.05) is 18.2 Å². The number of para-hydroxylation sites is 1. The van der Waals surface area contributed by atoms with Crippen LogP contribution < -0.4 is 5.32 Å². The van der Waals surface area contributed by atoms with Crippen LogP contribution in [0.25, 0.3) is 10.9 Å². The summed E-state index contributed by atoms with van der Waals surface area (Å²) >= 11 is 0. The number of carbonyl (C=O) groups excluding carboxylic acids is 2. The molecular formula is C21H23N5O3. The minimum Gasteiger partial charge on any atom is -0.381 e. The predicted octanol–water partition coefficient (Wildman–Crippen LogP) is 2.38. The summed E-state index contributed by atoms with van der Waals surface area (Å²) in [6, 6.07) is 11.6. The average molecular weight is 393 g/mol. The average Bonchev–Trinajstić information content (AvgIpc) is 3.45. The first-order chi connectivity index (χ1) is 14.1. The Morgan fingerprint density at radius 1 is 1.28 bits per heavy atom. The summed E-state index contributed by atoms with van der Waals surface area (Å²) in [5.41, 5.74) is 2.44. The van der Waals surface area contributed by atoms with E-state index in [0.29, 0.717) is 37.8 Å². The van der Waals surface area contributed by atoms with E-state index in [1.165, 1.54) is 0 Å². The molecule has 2 atom stereocenters. The first-order valence-corrected chi connectivity index (χ1v) is 9.92. The largest absolute Gasteiger partial charge is 0.381 e. The third kappa shape index (κ3) is 3.29. The maximum atomic E-state index is 13.1. The van der Waals surface area contributed by atoms with E-state index in [9.17, 15) is 9.59 Å². The highest BCUT2D eigenvalue weighted by Crippen LogP contribution is 2.24. The number of hydrogen-bond acceptors (Lipinski definition) is 4. The second-order valence-electron chi connectivity index (χ2n) is 7.81. The highest BCUT2D eigenvalue weighted by Gasteiger charge is 2.30. The van der Waals surface area contributed by atoms with Gasteiger partial charge >= 0.3 is 0 Å². The summed E-state index contributed by atoms with van der Waals surface area (Å²) in [6.45, 7) is 4.14. The molecule has 0 bridgehead atoms. The van der Waals surface area contributed by atoms with Crippen molar-refractivity contribution in [3.05, 3.63) is 47.8 Å². The van der Waals surface area contributed by atoms with Crippen LogP contribution in [0.5, 0.6) is 0 Å². The minimum absolute atomic E-state index is 0.00639. The molecule has 3 aromatic rings. The van der Waals surface area contributed by atoms with Crippen LogP contribution in [0.15, 0.2) is 36.4 Å². The van der Waals surface area contributed by atoms with Gasteiger partial charge in [0.25, 0.3) is 5.91 Å². The molecular weight excluding hydrogens is 370 g/mol. The van der Waals surface area contributed by atoms with Gasteiger partial charge in [0.1, 0.15) is 5.69 Å². The van der Waals surface area contributed by atoms with Crippen LogP contribution >= 0.6 is 0 Å². The molecule has 8 heteroatoms. The SMILES string of the molecule is CC1Cn2nc(NC(=O)C3CCOC3)cc2CN1C(=O)c1cc2ccccc2[nH]1. The number of aromatic nitrogens is 3. The number of nitrogens with one attached hydrogen (secondary N) is 2. The smallest absolute Gasteiger partial charge is 0.270 e. The number of amides is 2. The Balaban J connectivity index is 1.34. The highest BCUT2D eigenvalue weighted by molar-refractivity contribution is 5.98. The number of ether oxygens (including phenoxy) is 1. The summed E-state index contributed by atoms with van der Waals surface area (Å²) in [5.74, 6) is 0.323. The van der Waals surface area contributed by atoms with Crippen molar-refractivity contribution in [3.63, 3.8) is 0 Å². The molecule has 1 saturated heterocycles. The zero-order chi connectivity index (χ0) is 20.0. The van der Waals surface area contributed by atoms with Gasteiger partial charge in [-0.2, -0.15) is 5.10 Å². The molecule has 1 aromatic carbocycles. The van der Waals surface area contributed by atoms with Crippen molar-refractivity contribution < 1.29 is 14.3 Å². The van der Waals surface area contributed by atoms with E-state index in [1.54, 1.807) is 0 Å². The van der Waals surface area contributed by atoms with Crippen molar-refractivity contribution in [2.24, 2.45) is 5.92 Å². The maximum Gasteiger partial charge on any atom is 0.270 e. The number of nitrogens with zero attached hydrogens (tertiary/aromatic N) is 3. The maximum absolute atomic E-state index is 13.1. The molecule has 0 radical (unpaired) electrons. The Morgan fingerprint density at radius 3 is 2.93 bits per heavy atom. The van der Waals surface area contributed by atoms with E-state index in [2.05, 4.69) is 15.4 Å². The fraction of sp³-hybridized carbons (Fsp3) is 0.381. The normalized spacial score (nSPS) is 21.3. The standard InChI is InChI=1S/C21H23N5O3/c1-13-10-26-16(9-19(24-26)23-20(27)15-6-7-29-12-15)11-25(13)21(28)18-8-14-4-2-3-5-17(14)22-18/h2-5,8-9,13,15,22H,6-7,10-12H2,1H3,(H,23,24,27). The molecule has 2 aromatic heterocycles. The monoisotopic (exact) mass is 393 g/mol. The first-order valence-electron chi connectivity index (χ1n) is 9.92. The van der Waals surface area contributed by atoms with Crippen molar-refractivity contribution in [3.8, 4) is 0 Å². The lowest BCUT2D eigenvalue weighted by Crippen LogP contribution is -2.45. The Bertz CT molecular complexity index is 1050. The Morgan fingerprint density at radius 2 is 2.14 bits per heavy atom. The third-order valence-corrected chi connectivity index (χ3v) is 5.74. The fourth-order valence-electron chi connectivity index (χ4n) is 4.07. The number of hydrogen-bond donors (Lipinski definition) is 2. The summed E-state index contributed by atoms with van der Waals surface area (Å²) in [4.78, 5) is 30.5. The van der Waals surface area contributed by atoms with Crippen LogP contribution in [0.3, 0.4) is 0 Å². The van der Waals surface area contributed by atoms with Gasteiger partial charge in [-0.05, 0) is 25.5 Å². The molecule has 4 heterocycles. The number of carbonyl (C=O) groups is 2. The van der Waals surface area contributed by atoms with E-state index in [-0.39, 0.29) is 23.8 Å². The van der Waals surface area contributed by atoms with Crippen LogP contribution in [-0.2, 0) is 22.6 Å². The van der Waals surface area contributed by atoms with Crippen LogP contribution in [0.4, 0.5) is 5.82 Å². The molecule has 0 saturated carbocycles. The van der Waals surface area contributed by atoms with Crippen molar-refractivity contribution in [2.75, 3.05) is 18.5 Å². The van der Waals surface area contributed by atoms with E-state index in [4.69, 9.17) is 4.74 Å². The second-order valence-corrected chi connectivity index (χ2v) is 7.81. The van der Waals surface area contributed by atoms with Crippen LogP contribution in [-0.4, -0.2) is 50.7 Å².